The second kappa shape index (κ2) is 3.54. The third-order valence-corrected chi connectivity index (χ3v) is 8.64. The van der Waals surface area contributed by atoms with Gasteiger partial charge >= 0.3 is 0 Å². The number of aromatic nitrogens is 2. The summed E-state index contributed by atoms with van der Waals surface area (Å²) in [6.45, 7) is 5.96. The maximum absolute atomic E-state index is 2.48. The van der Waals surface area contributed by atoms with Gasteiger partial charge in [0.2, 0.25) is 0 Å². The summed E-state index contributed by atoms with van der Waals surface area (Å²) in [6, 6.07) is 18.1. The predicted octanol–water partition coefficient (Wildman–Crippen LogP) is 1.93. The average Bonchev–Trinajstić information content (AvgIpc) is 3.02. The van der Waals surface area contributed by atoms with Crippen LogP contribution in [0.25, 0.3) is 16.9 Å². The van der Waals surface area contributed by atoms with Gasteiger partial charge in [0.25, 0.3) is 0 Å². The highest BCUT2D eigenvalue weighted by atomic mass is 28.3. The Hall–Kier alpha value is -2.13. The molecule has 21 heavy (non-hydrogen) atoms. The summed E-state index contributed by atoms with van der Waals surface area (Å²) in [7, 11) is -1.68. The van der Waals surface area contributed by atoms with Crippen molar-refractivity contribution in [3.8, 4) is 16.9 Å². The molecular formula is C18H17N2Si+. The molecule has 0 fully saturated rings. The SMILES string of the molecule is C[Si]1(C)c2ccccc2-c2cc[n+]3n2-c2c(cccc21)C3. The Morgan fingerprint density at radius 2 is 1.76 bits per heavy atom. The maximum Gasteiger partial charge on any atom is 0.200 e. The highest BCUT2D eigenvalue weighted by Crippen LogP contribution is 2.31. The quantitative estimate of drug-likeness (QED) is 0.345. The number of hydrogen-bond acceptors (Lipinski definition) is 0. The van der Waals surface area contributed by atoms with Crippen LogP contribution in [0.2, 0.25) is 13.1 Å². The lowest BCUT2D eigenvalue weighted by molar-refractivity contribution is -0.750. The first-order valence-corrected chi connectivity index (χ1v) is 10.5. The summed E-state index contributed by atoms with van der Waals surface area (Å²) in [5, 5.41) is 3.11. The molecule has 5 rings (SSSR count). The normalized spacial score (nSPS) is 16.3. The minimum absolute atomic E-state index is 0.996. The molecule has 0 amide bonds. The van der Waals surface area contributed by atoms with Gasteiger partial charge in [-0.25, -0.2) is 0 Å². The molecule has 2 aliphatic heterocycles. The lowest BCUT2D eigenvalue weighted by Crippen LogP contribution is -2.54. The van der Waals surface area contributed by atoms with Gasteiger partial charge in [0.15, 0.2) is 12.7 Å². The van der Waals surface area contributed by atoms with Gasteiger partial charge in [0.05, 0.1) is 0 Å². The first kappa shape index (κ1) is 11.5. The van der Waals surface area contributed by atoms with Crippen LogP contribution in [0.5, 0.6) is 0 Å². The third kappa shape index (κ3) is 1.26. The van der Waals surface area contributed by atoms with E-state index in [0.717, 1.165) is 6.54 Å². The van der Waals surface area contributed by atoms with Gasteiger partial charge in [-0.1, -0.05) is 55.6 Å². The molecule has 0 saturated heterocycles. The molecule has 3 aromatic rings. The van der Waals surface area contributed by atoms with Crippen molar-refractivity contribution in [1.29, 1.82) is 0 Å². The van der Waals surface area contributed by atoms with E-state index in [9.17, 15) is 0 Å². The van der Waals surface area contributed by atoms with E-state index >= 15 is 0 Å². The number of rotatable bonds is 0. The molecule has 0 unspecified atom stereocenters. The summed E-state index contributed by atoms with van der Waals surface area (Å²) in [4.78, 5) is 0. The predicted molar refractivity (Wildman–Crippen MR) is 87.3 cm³/mol. The molecule has 0 saturated carbocycles. The molecule has 2 aromatic carbocycles. The van der Waals surface area contributed by atoms with Crippen molar-refractivity contribution in [2.24, 2.45) is 0 Å². The minimum atomic E-state index is -1.68. The van der Waals surface area contributed by atoms with Crippen LogP contribution in [0.3, 0.4) is 0 Å². The van der Waals surface area contributed by atoms with Crippen LogP contribution >= 0.6 is 0 Å². The standard InChI is InChI=1S/C18H17N2Si/c1-21(2)16-8-4-3-7-14(16)15-10-11-19-12-13-6-5-9-17(21)18(13)20(15)19/h3-11H,12H2,1-2H3/q+1. The molecule has 0 N–H and O–H groups in total. The molecule has 0 aliphatic carbocycles. The molecule has 102 valence electrons. The van der Waals surface area contributed by atoms with E-state index in [4.69, 9.17) is 0 Å². The summed E-state index contributed by atoms with van der Waals surface area (Å²) >= 11 is 0. The summed E-state index contributed by atoms with van der Waals surface area (Å²) < 4.78 is 4.78. The van der Waals surface area contributed by atoms with Gasteiger partial charge in [-0.05, 0) is 10.4 Å². The number of fused-ring (bicyclic) bond motifs is 2. The average molecular weight is 289 g/mol. The topological polar surface area (TPSA) is 8.81 Å². The Kier molecular flexibility index (Phi) is 1.94. The lowest BCUT2D eigenvalue weighted by atomic mass is 10.1. The molecule has 3 heterocycles. The Bertz CT molecular complexity index is 905. The van der Waals surface area contributed by atoms with Crippen LogP contribution in [0, 0.1) is 0 Å². The van der Waals surface area contributed by atoms with E-state index in [1.807, 2.05) is 0 Å². The van der Waals surface area contributed by atoms with Crippen LogP contribution < -0.4 is 15.1 Å². The highest BCUT2D eigenvalue weighted by molar-refractivity contribution is 7.02. The van der Waals surface area contributed by atoms with Crippen LogP contribution in [0.15, 0.2) is 54.7 Å². The van der Waals surface area contributed by atoms with Gasteiger partial charge in [-0.2, -0.15) is 0 Å². The van der Waals surface area contributed by atoms with Gasteiger partial charge in [0.1, 0.15) is 19.5 Å². The van der Waals surface area contributed by atoms with Crippen molar-refractivity contribution in [3.63, 3.8) is 0 Å². The Morgan fingerprint density at radius 3 is 2.67 bits per heavy atom. The summed E-state index contributed by atoms with van der Waals surface area (Å²) in [6.07, 6.45) is 2.22. The summed E-state index contributed by atoms with van der Waals surface area (Å²) in [5.41, 5.74) is 5.67. The van der Waals surface area contributed by atoms with Crippen molar-refractivity contribution in [2.75, 3.05) is 0 Å². The molecule has 0 bridgehead atoms. The number of nitrogens with zero attached hydrogens (tertiary/aromatic N) is 2. The van der Waals surface area contributed by atoms with Crippen molar-refractivity contribution in [2.45, 2.75) is 19.6 Å². The number of benzene rings is 2. The molecule has 0 radical (unpaired) electrons. The van der Waals surface area contributed by atoms with E-state index < -0.39 is 8.07 Å². The highest BCUT2D eigenvalue weighted by Gasteiger charge is 2.41. The lowest BCUT2D eigenvalue weighted by Gasteiger charge is -2.24. The number of para-hydroxylation sites is 1. The molecule has 0 atom stereocenters. The van der Waals surface area contributed by atoms with Gasteiger partial charge in [0, 0.05) is 17.2 Å². The maximum atomic E-state index is 2.48. The number of hydrogen-bond donors (Lipinski definition) is 0. The largest absolute Gasteiger partial charge is 0.200 e. The monoisotopic (exact) mass is 289 g/mol. The van der Waals surface area contributed by atoms with Crippen LogP contribution in [-0.2, 0) is 6.54 Å². The van der Waals surface area contributed by atoms with E-state index in [2.05, 4.69) is 77.2 Å². The second-order valence-electron chi connectivity index (χ2n) is 6.59. The Labute approximate surface area is 125 Å². The molecular weight excluding hydrogens is 272 g/mol. The van der Waals surface area contributed by atoms with Crippen LogP contribution in [0.1, 0.15) is 5.56 Å². The van der Waals surface area contributed by atoms with Crippen molar-refractivity contribution >= 4 is 18.4 Å². The Balaban J connectivity index is 2.04. The third-order valence-electron chi connectivity index (χ3n) is 5.10. The molecule has 2 aliphatic rings. The molecule has 1 aromatic heterocycles. The summed E-state index contributed by atoms with van der Waals surface area (Å²) in [5.74, 6) is 0. The minimum Gasteiger partial charge on any atom is -0.120 e. The second-order valence-corrected chi connectivity index (χ2v) is 10.9. The Morgan fingerprint density at radius 1 is 0.952 bits per heavy atom. The first-order valence-electron chi connectivity index (χ1n) is 7.52. The fourth-order valence-electron chi connectivity index (χ4n) is 4.05. The van der Waals surface area contributed by atoms with Gasteiger partial charge in [-0.3, -0.25) is 0 Å². The van der Waals surface area contributed by atoms with E-state index in [1.54, 1.807) is 10.4 Å². The van der Waals surface area contributed by atoms with Crippen LogP contribution in [-0.4, -0.2) is 12.8 Å². The van der Waals surface area contributed by atoms with Crippen molar-refractivity contribution < 1.29 is 4.68 Å². The van der Waals surface area contributed by atoms with Gasteiger partial charge in [-0.15, -0.1) is 9.36 Å². The zero-order chi connectivity index (χ0) is 14.2. The van der Waals surface area contributed by atoms with E-state index in [-0.39, 0.29) is 0 Å². The van der Waals surface area contributed by atoms with Crippen molar-refractivity contribution in [3.05, 3.63) is 60.3 Å². The van der Waals surface area contributed by atoms with Crippen molar-refractivity contribution in [1.82, 2.24) is 4.68 Å². The smallest absolute Gasteiger partial charge is 0.120 e. The zero-order valence-corrected chi connectivity index (χ0v) is 13.3. The fourth-order valence-corrected chi connectivity index (χ4v) is 7.11. The molecule has 0 spiro atoms. The van der Waals surface area contributed by atoms with E-state index in [0.29, 0.717) is 0 Å². The van der Waals surface area contributed by atoms with Gasteiger partial charge < -0.3 is 0 Å². The molecule has 3 heteroatoms. The first-order chi connectivity index (χ1) is 10.2. The van der Waals surface area contributed by atoms with E-state index in [1.165, 1.54) is 22.5 Å². The molecule has 2 nitrogen and oxygen atoms in total. The zero-order valence-electron chi connectivity index (χ0n) is 12.3. The fraction of sp³-hybridized carbons (Fsp3) is 0.167. The van der Waals surface area contributed by atoms with Crippen LogP contribution in [0.4, 0.5) is 0 Å².